The van der Waals surface area contributed by atoms with E-state index in [0.29, 0.717) is 11.0 Å². The van der Waals surface area contributed by atoms with Crippen LogP contribution >= 0.6 is 11.6 Å². The molecule has 1 heterocycles. The average molecular weight is 227 g/mol. The molecule has 0 saturated heterocycles. The molecule has 0 aliphatic heterocycles. The average Bonchev–Trinajstić information content (AvgIpc) is 3.03. The van der Waals surface area contributed by atoms with Crippen molar-refractivity contribution in [3.63, 3.8) is 0 Å². The van der Waals surface area contributed by atoms with Crippen molar-refractivity contribution in [2.45, 2.75) is 33.1 Å². The first-order chi connectivity index (χ1) is 7.20. The van der Waals surface area contributed by atoms with Gasteiger partial charge in [-0.15, -0.1) is 0 Å². The summed E-state index contributed by atoms with van der Waals surface area (Å²) in [5, 5.41) is 0.507. The second-order valence-electron chi connectivity index (χ2n) is 3.97. The third kappa shape index (κ3) is 2.59. The fourth-order valence-corrected chi connectivity index (χ4v) is 1.47. The molecule has 3 nitrogen and oxygen atoms in total. The summed E-state index contributed by atoms with van der Waals surface area (Å²) in [6.07, 6.45) is 3.33. The maximum Gasteiger partial charge on any atom is 0.221 e. The van der Waals surface area contributed by atoms with E-state index in [4.69, 9.17) is 16.3 Å². The summed E-state index contributed by atoms with van der Waals surface area (Å²) in [6, 6.07) is 0. The minimum absolute atomic E-state index is 0.507. The van der Waals surface area contributed by atoms with Gasteiger partial charge in [0, 0.05) is 12.0 Å². The van der Waals surface area contributed by atoms with Gasteiger partial charge in [0.05, 0.1) is 6.61 Å². The molecule has 0 N–H and O–H groups in total. The van der Waals surface area contributed by atoms with Crippen molar-refractivity contribution < 1.29 is 4.74 Å². The molecule has 1 aromatic rings. The highest BCUT2D eigenvalue weighted by Crippen LogP contribution is 2.30. The Balaban J connectivity index is 2.15. The fourth-order valence-electron chi connectivity index (χ4n) is 1.29. The summed E-state index contributed by atoms with van der Waals surface area (Å²) < 4.78 is 5.65. The number of hydrogen-bond acceptors (Lipinski definition) is 3. The van der Waals surface area contributed by atoms with Gasteiger partial charge in [-0.05, 0) is 25.7 Å². The zero-order valence-electron chi connectivity index (χ0n) is 9.09. The van der Waals surface area contributed by atoms with E-state index >= 15 is 0 Å². The number of ether oxygens (including phenoxy) is 1. The molecule has 1 saturated carbocycles. The van der Waals surface area contributed by atoms with Gasteiger partial charge in [-0.3, -0.25) is 0 Å². The molecule has 82 valence electrons. The van der Waals surface area contributed by atoms with Crippen LogP contribution in [0.5, 0.6) is 5.88 Å². The molecular weight excluding hydrogens is 212 g/mol. The molecule has 0 amide bonds. The van der Waals surface area contributed by atoms with E-state index < -0.39 is 0 Å². The first-order valence-corrected chi connectivity index (χ1v) is 5.74. The van der Waals surface area contributed by atoms with E-state index in [2.05, 4.69) is 9.97 Å². The van der Waals surface area contributed by atoms with Crippen molar-refractivity contribution in [3.05, 3.63) is 16.5 Å². The predicted molar refractivity (Wildman–Crippen MR) is 59.4 cm³/mol. The van der Waals surface area contributed by atoms with Crippen LogP contribution in [0.15, 0.2) is 0 Å². The predicted octanol–water partition coefficient (Wildman–Crippen LogP) is 2.79. The van der Waals surface area contributed by atoms with E-state index in [-0.39, 0.29) is 0 Å². The second-order valence-corrected chi connectivity index (χ2v) is 4.33. The van der Waals surface area contributed by atoms with Crippen molar-refractivity contribution in [2.75, 3.05) is 6.61 Å². The normalized spacial score (nSPS) is 15.4. The van der Waals surface area contributed by atoms with Crippen molar-refractivity contribution in [1.82, 2.24) is 9.97 Å². The molecule has 1 aliphatic rings. The van der Waals surface area contributed by atoms with Crippen LogP contribution in [0.2, 0.25) is 5.15 Å². The van der Waals surface area contributed by atoms with Gasteiger partial charge in [0.15, 0.2) is 0 Å². The van der Waals surface area contributed by atoms with Crippen LogP contribution in [0.1, 0.15) is 31.2 Å². The van der Waals surface area contributed by atoms with Gasteiger partial charge in [0.2, 0.25) is 5.88 Å². The molecule has 0 spiro atoms. The van der Waals surface area contributed by atoms with Gasteiger partial charge < -0.3 is 4.74 Å². The number of aromatic nitrogens is 2. The lowest BCUT2D eigenvalue weighted by Gasteiger charge is -2.09. The lowest BCUT2D eigenvalue weighted by atomic mass is 10.3. The Labute approximate surface area is 94.8 Å². The zero-order chi connectivity index (χ0) is 10.8. The number of halogens is 1. The topological polar surface area (TPSA) is 35.0 Å². The molecule has 1 aliphatic carbocycles. The van der Waals surface area contributed by atoms with Gasteiger partial charge in [0.25, 0.3) is 0 Å². The van der Waals surface area contributed by atoms with Gasteiger partial charge in [0.1, 0.15) is 11.0 Å². The van der Waals surface area contributed by atoms with E-state index in [1.54, 1.807) is 0 Å². The smallest absolute Gasteiger partial charge is 0.221 e. The van der Waals surface area contributed by atoms with Gasteiger partial charge in [-0.2, -0.15) is 4.98 Å². The van der Waals surface area contributed by atoms with Crippen LogP contribution in [0.3, 0.4) is 0 Å². The number of aryl methyl sites for hydroxylation is 1. The molecule has 4 heteroatoms. The summed E-state index contributed by atoms with van der Waals surface area (Å²) in [7, 11) is 0. The lowest BCUT2D eigenvalue weighted by molar-refractivity contribution is 0.285. The van der Waals surface area contributed by atoms with E-state index in [9.17, 15) is 0 Å². The highest BCUT2D eigenvalue weighted by molar-refractivity contribution is 6.30. The standard InChI is InChI=1S/C11H15ClN2O/c1-3-9-13-10(12)7(2)11(14-9)15-6-8-4-5-8/h8H,3-6H2,1-2H3. The first kappa shape index (κ1) is 10.7. The molecule has 1 fully saturated rings. The second kappa shape index (κ2) is 4.35. The molecule has 0 atom stereocenters. The fraction of sp³-hybridized carbons (Fsp3) is 0.636. The third-order valence-electron chi connectivity index (χ3n) is 2.56. The Bertz CT molecular complexity index is 364. The first-order valence-electron chi connectivity index (χ1n) is 5.36. The van der Waals surface area contributed by atoms with Crippen molar-refractivity contribution in [2.24, 2.45) is 5.92 Å². The van der Waals surface area contributed by atoms with E-state index in [1.807, 2.05) is 13.8 Å². The Hall–Kier alpha value is -0.830. The molecule has 0 radical (unpaired) electrons. The van der Waals surface area contributed by atoms with E-state index in [1.165, 1.54) is 12.8 Å². The summed E-state index contributed by atoms with van der Waals surface area (Å²) in [5.41, 5.74) is 0.842. The summed E-state index contributed by atoms with van der Waals surface area (Å²) in [4.78, 5) is 8.50. The summed E-state index contributed by atoms with van der Waals surface area (Å²) >= 11 is 6.00. The van der Waals surface area contributed by atoms with Gasteiger partial charge in [-0.1, -0.05) is 18.5 Å². The van der Waals surface area contributed by atoms with Crippen LogP contribution in [0, 0.1) is 12.8 Å². The molecule has 15 heavy (non-hydrogen) atoms. The highest BCUT2D eigenvalue weighted by atomic mass is 35.5. The number of hydrogen-bond donors (Lipinski definition) is 0. The van der Waals surface area contributed by atoms with Crippen LogP contribution in [0.4, 0.5) is 0 Å². The van der Waals surface area contributed by atoms with E-state index in [0.717, 1.165) is 30.3 Å². The zero-order valence-corrected chi connectivity index (χ0v) is 9.84. The SMILES string of the molecule is CCc1nc(Cl)c(C)c(OCC2CC2)n1. The monoisotopic (exact) mass is 226 g/mol. The molecule has 0 aromatic carbocycles. The third-order valence-corrected chi connectivity index (χ3v) is 2.92. The van der Waals surface area contributed by atoms with Gasteiger partial charge in [-0.25, -0.2) is 4.98 Å². The lowest BCUT2D eigenvalue weighted by Crippen LogP contribution is -2.06. The van der Waals surface area contributed by atoms with Crippen LogP contribution < -0.4 is 4.74 Å². The largest absolute Gasteiger partial charge is 0.477 e. The molecular formula is C11H15ClN2O. The number of rotatable bonds is 4. The van der Waals surface area contributed by atoms with Gasteiger partial charge >= 0.3 is 0 Å². The minimum atomic E-state index is 0.507. The van der Waals surface area contributed by atoms with Crippen molar-refractivity contribution in [1.29, 1.82) is 0 Å². The highest BCUT2D eigenvalue weighted by Gasteiger charge is 2.23. The molecule has 2 rings (SSSR count). The Morgan fingerprint density at radius 3 is 2.73 bits per heavy atom. The molecule has 0 unspecified atom stereocenters. The van der Waals surface area contributed by atoms with Crippen LogP contribution in [-0.4, -0.2) is 16.6 Å². The molecule has 1 aromatic heterocycles. The maximum atomic E-state index is 6.00. The quantitative estimate of drug-likeness (QED) is 0.741. The van der Waals surface area contributed by atoms with Crippen molar-refractivity contribution in [3.8, 4) is 5.88 Å². The Morgan fingerprint density at radius 2 is 2.13 bits per heavy atom. The summed E-state index contributed by atoms with van der Waals surface area (Å²) in [6.45, 7) is 4.66. The van der Waals surface area contributed by atoms with Crippen LogP contribution in [0.25, 0.3) is 0 Å². The maximum absolute atomic E-state index is 6.00. The Kier molecular flexibility index (Phi) is 3.10. The Morgan fingerprint density at radius 1 is 1.40 bits per heavy atom. The molecule has 0 bridgehead atoms. The minimum Gasteiger partial charge on any atom is -0.477 e. The van der Waals surface area contributed by atoms with Crippen molar-refractivity contribution >= 4 is 11.6 Å². The number of nitrogens with zero attached hydrogens (tertiary/aromatic N) is 2. The van der Waals surface area contributed by atoms with Crippen LogP contribution in [-0.2, 0) is 6.42 Å². The summed E-state index contributed by atoms with van der Waals surface area (Å²) in [5.74, 6) is 2.12.